The molecule has 0 aliphatic carbocycles. The number of rotatable bonds is 6. The van der Waals surface area contributed by atoms with Crippen molar-refractivity contribution >= 4 is 21.8 Å². The van der Waals surface area contributed by atoms with Crippen LogP contribution in [-0.4, -0.2) is 52.7 Å². The second-order valence-corrected chi connectivity index (χ2v) is 9.04. The van der Waals surface area contributed by atoms with E-state index in [1.54, 1.807) is 12.1 Å². The quantitative estimate of drug-likeness (QED) is 0.547. The summed E-state index contributed by atoms with van der Waals surface area (Å²) in [4.78, 5) is 24.7. The third kappa shape index (κ3) is 5.18. The third-order valence-electron chi connectivity index (χ3n) is 5.05. The molecule has 3 N–H and O–H groups in total. The van der Waals surface area contributed by atoms with Crippen molar-refractivity contribution in [3.63, 3.8) is 0 Å². The number of carbonyl (C=O) groups is 2. The van der Waals surface area contributed by atoms with Crippen LogP contribution in [0.4, 0.5) is 0 Å². The molecule has 1 unspecified atom stereocenters. The van der Waals surface area contributed by atoms with Gasteiger partial charge < -0.3 is 14.2 Å². The molecule has 10 nitrogen and oxygen atoms in total. The number of fused-ring (bicyclic) bond motifs is 1. The molecular weight excluding hydrogens is 438 g/mol. The summed E-state index contributed by atoms with van der Waals surface area (Å²) in [7, 11) is -3.71. The monoisotopic (exact) mass is 461 g/mol. The second kappa shape index (κ2) is 9.55. The van der Waals surface area contributed by atoms with Crippen LogP contribution >= 0.6 is 0 Å². The molecule has 2 heterocycles. The fourth-order valence-electron chi connectivity index (χ4n) is 3.32. The summed E-state index contributed by atoms with van der Waals surface area (Å²) in [6.45, 7) is 1.68. The Morgan fingerprint density at radius 2 is 1.53 bits per heavy atom. The minimum Gasteiger partial charge on any atom is -0.486 e. The average molecular weight is 461 g/mol. The minimum absolute atomic E-state index is 0.0346. The molecular formula is C21H23N3O7S. The molecule has 0 aromatic heterocycles. The maximum atomic E-state index is 12.4. The van der Waals surface area contributed by atoms with Gasteiger partial charge in [-0.2, -0.15) is 0 Å². The van der Waals surface area contributed by atoms with Crippen LogP contribution < -0.4 is 25.0 Å². The van der Waals surface area contributed by atoms with Crippen LogP contribution in [0.1, 0.15) is 33.6 Å². The van der Waals surface area contributed by atoms with Gasteiger partial charge in [0.2, 0.25) is 10.0 Å². The minimum atomic E-state index is -3.71. The number of benzene rings is 2. The molecule has 2 aromatic rings. The van der Waals surface area contributed by atoms with Gasteiger partial charge >= 0.3 is 0 Å². The van der Waals surface area contributed by atoms with Crippen molar-refractivity contribution in [1.82, 2.24) is 15.6 Å². The number of amides is 2. The largest absolute Gasteiger partial charge is 0.486 e. The molecule has 0 spiro atoms. The van der Waals surface area contributed by atoms with Crippen molar-refractivity contribution in [3.8, 4) is 11.5 Å². The van der Waals surface area contributed by atoms with E-state index in [2.05, 4.69) is 15.6 Å². The van der Waals surface area contributed by atoms with Gasteiger partial charge in [-0.15, -0.1) is 0 Å². The first kappa shape index (κ1) is 22.1. The van der Waals surface area contributed by atoms with Crippen LogP contribution in [0.25, 0.3) is 0 Å². The van der Waals surface area contributed by atoms with Crippen LogP contribution in [0.3, 0.4) is 0 Å². The zero-order valence-corrected chi connectivity index (χ0v) is 17.9. The number of ether oxygens (including phenoxy) is 3. The highest BCUT2D eigenvalue weighted by atomic mass is 32.2. The fourth-order valence-corrected chi connectivity index (χ4v) is 4.39. The number of sulfonamides is 1. The Hall–Kier alpha value is -3.15. The Morgan fingerprint density at radius 1 is 0.875 bits per heavy atom. The maximum absolute atomic E-state index is 12.4. The van der Waals surface area contributed by atoms with Crippen LogP contribution in [0.5, 0.6) is 11.5 Å². The van der Waals surface area contributed by atoms with Crippen molar-refractivity contribution in [2.75, 3.05) is 26.4 Å². The van der Waals surface area contributed by atoms with Crippen molar-refractivity contribution in [2.45, 2.75) is 23.8 Å². The molecule has 2 aromatic carbocycles. The number of nitrogens with one attached hydrogen (secondary N) is 3. The molecule has 170 valence electrons. The first-order valence-electron chi connectivity index (χ1n) is 10.1. The molecule has 2 aliphatic heterocycles. The van der Waals surface area contributed by atoms with E-state index >= 15 is 0 Å². The predicted molar refractivity (Wildman–Crippen MR) is 113 cm³/mol. The molecule has 4 rings (SSSR count). The van der Waals surface area contributed by atoms with Crippen molar-refractivity contribution in [1.29, 1.82) is 0 Å². The van der Waals surface area contributed by atoms with Crippen molar-refractivity contribution in [3.05, 3.63) is 53.6 Å². The van der Waals surface area contributed by atoms with Crippen LogP contribution in [-0.2, 0) is 14.8 Å². The van der Waals surface area contributed by atoms with Gasteiger partial charge in [-0.25, -0.2) is 13.1 Å². The normalized spacial score (nSPS) is 17.6. The van der Waals surface area contributed by atoms with Crippen LogP contribution in [0.2, 0.25) is 0 Å². The van der Waals surface area contributed by atoms with Gasteiger partial charge in [0.25, 0.3) is 11.8 Å². The summed E-state index contributed by atoms with van der Waals surface area (Å²) in [6, 6.07) is 10.1. The summed E-state index contributed by atoms with van der Waals surface area (Å²) in [5.41, 5.74) is 5.10. The highest BCUT2D eigenvalue weighted by molar-refractivity contribution is 7.89. The van der Waals surface area contributed by atoms with E-state index in [1.165, 1.54) is 30.3 Å². The van der Waals surface area contributed by atoms with Crippen LogP contribution in [0.15, 0.2) is 47.4 Å². The zero-order valence-electron chi connectivity index (χ0n) is 17.1. The Kier molecular flexibility index (Phi) is 6.58. The molecule has 1 atom stereocenters. The van der Waals surface area contributed by atoms with E-state index in [9.17, 15) is 18.0 Å². The van der Waals surface area contributed by atoms with Gasteiger partial charge in [0.05, 0.1) is 11.0 Å². The summed E-state index contributed by atoms with van der Waals surface area (Å²) in [5.74, 6) is -0.114. The number of hydrazine groups is 1. The lowest BCUT2D eigenvalue weighted by Gasteiger charge is -2.18. The van der Waals surface area contributed by atoms with Crippen molar-refractivity contribution < 1.29 is 32.2 Å². The fraction of sp³-hybridized carbons (Fsp3) is 0.333. The topological polar surface area (TPSA) is 132 Å². The summed E-state index contributed by atoms with van der Waals surface area (Å²) < 4.78 is 43.6. The van der Waals surface area contributed by atoms with Gasteiger partial charge in [0.1, 0.15) is 13.2 Å². The highest BCUT2D eigenvalue weighted by Gasteiger charge is 2.21. The molecule has 11 heteroatoms. The van der Waals surface area contributed by atoms with Gasteiger partial charge in [-0.05, 0) is 55.3 Å². The molecule has 32 heavy (non-hydrogen) atoms. The van der Waals surface area contributed by atoms with Gasteiger partial charge in [0, 0.05) is 24.3 Å². The second-order valence-electron chi connectivity index (χ2n) is 7.28. The lowest BCUT2D eigenvalue weighted by molar-refractivity contribution is 0.0846. The lowest BCUT2D eigenvalue weighted by atomic mass is 10.2. The lowest BCUT2D eigenvalue weighted by Crippen LogP contribution is -2.41. The molecule has 2 aliphatic rings. The maximum Gasteiger partial charge on any atom is 0.269 e. The first-order chi connectivity index (χ1) is 15.4. The Labute approximate surface area is 185 Å². The molecule has 0 bridgehead atoms. The number of hydrogen-bond acceptors (Lipinski definition) is 7. The summed E-state index contributed by atoms with van der Waals surface area (Å²) in [5, 5.41) is 0. The molecule has 0 saturated carbocycles. The Morgan fingerprint density at radius 3 is 2.22 bits per heavy atom. The van der Waals surface area contributed by atoms with Gasteiger partial charge in [-0.3, -0.25) is 20.4 Å². The number of hydrogen-bond donors (Lipinski definition) is 3. The smallest absolute Gasteiger partial charge is 0.269 e. The highest BCUT2D eigenvalue weighted by Crippen LogP contribution is 2.30. The predicted octanol–water partition coefficient (Wildman–Crippen LogP) is 0.990. The molecule has 1 saturated heterocycles. The Bertz CT molecular complexity index is 1100. The molecule has 1 fully saturated rings. The van der Waals surface area contributed by atoms with Crippen LogP contribution in [0, 0.1) is 0 Å². The SMILES string of the molecule is O=C(NNC(=O)c1ccc2c(c1)OCCO2)c1ccc(S(=O)(=O)NCC2CCCO2)cc1. The van der Waals surface area contributed by atoms with E-state index in [0.717, 1.165) is 12.8 Å². The van der Waals surface area contributed by atoms with Gasteiger partial charge in [0.15, 0.2) is 11.5 Å². The Balaban J connectivity index is 1.32. The summed E-state index contributed by atoms with van der Waals surface area (Å²) >= 11 is 0. The first-order valence-corrected chi connectivity index (χ1v) is 11.6. The zero-order chi connectivity index (χ0) is 22.6. The van der Waals surface area contributed by atoms with E-state index < -0.39 is 21.8 Å². The van der Waals surface area contributed by atoms with E-state index in [-0.39, 0.29) is 28.7 Å². The summed E-state index contributed by atoms with van der Waals surface area (Å²) in [6.07, 6.45) is 1.62. The molecule has 0 radical (unpaired) electrons. The van der Waals surface area contributed by atoms with E-state index in [1.807, 2.05) is 0 Å². The van der Waals surface area contributed by atoms with Crippen molar-refractivity contribution in [2.24, 2.45) is 0 Å². The average Bonchev–Trinajstić information content (AvgIpc) is 3.35. The molecule has 2 amide bonds. The standard InChI is InChI=1S/C21H23N3O7S/c25-20(23-24-21(26)15-5-8-18-19(12-15)31-11-10-30-18)14-3-6-17(7-4-14)32(27,28)22-13-16-2-1-9-29-16/h3-8,12,16,22H,1-2,9-11,13H2,(H,23,25)(H,24,26). The van der Waals surface area contributed by atoms with Gasteiger partial charge in [-0.1, -0.05) is 0 Å². The van der Waals surface area contributed by atoms with E-state index in [4.69, 9.17) is 14.2 Å². The van der Waals surface area contributed by atoms with E-state index in [0.29, 0.717) is 31.3 Å². The third-order valence-corrected chi connectivity index (χ3v) is 6.49. The number of carbonyl (C=O) groups excluding carboxylic acids is 2.